The number of para-hydroxylation sites is 3. The molecule has 3 heteroatoms. The molecule has 0 spiro atoms. The molecule has 6 aromatic rings. The van der Waals surface area contributed by atoms with E-state index in [1.54, 1.807) is 4.09 Å². The standard InChI is InChI=1S/C25H17ClN2/c1-27-21-13-4-2-8-16(21)18-11-6-12-19(25(18)27)17-10-7-15-23-24(17)20-9-3-5-14-22(20)28(23)26/h2-15H,1H3. The monoisotopic (exact) mass is 380 g/mol. The van der Waals surface area contributed by atoms with Crippen LogP contribution in [0.15, 0.2) is 84.9 Å². The highest BCUT2D eigenvalue weighted by atomic mass is 35.5. The Kier molecular flexibility index (Phi) is 3.18. The molecule has 0 unspecified atom stereocenters. The van der Waals surface area contributed by atoms with Gasteiger partial charge in [-0.3, -0.25) is 4.09 Å². The van der Waals surface area contributed by atoms with Crippen LogP contribution in [-0.4, -0.2) is 8.65 Å². The molecule has 134 valence electrons. The minimum atomic E-state index is 1.04. The fourth-order valence-corrected chi connectivity index (χ4v) is 4.94. The lowest BCUT2D eigenvalue weighted by Gasteiger charge is -2.09. The highest BCUT2D eigenvalue weighted by Crippen LogP contribution is 2.41. The molecule has 0 saturated carbocycles. The highest BCUT2D eigenvalue weighted by molar-refractivity contribution is 6.29. The van der Waals surface area contributed by atoms with E-state index in [2.05, 4.69) is 90.5 Å². The van der Waals surface area contributed by atoms with Crippen LogP contribution >= 0.6 is 11.8 Å². The Bertz CT molecular complexity index is 1530. The summed E-state index contributed by atoms with van der Waals surface area (Å²) in [6, 6.07) is 29.9. The van der Waals surface area contributed by atoms with E-state index in [1.165, 1.54) is 43.7 Å². The molecule has 0 amide bonds. The smallest absolute Gasteiger partial charge is 0.0667 e. The van der Waals surface area contributed by atoms with Crippen LogP contribution in [0.1, 0.15) is 0 Å². The first-order chi connectivity index (χ1) is 13.8. The largest absolute Gasteiger partial charge is 0.343 e. The lowest BCUT2D eigenvalue weighted by atomic mass is 9.97. The summed E-state index contributed by atoms with van der Waals surface area (Å²) in [6.07, 6.45) is 0. The van der Waals surface area contributed by atoms with E-state index >= 15 is 0 Å². The van der Waals surface area contributed by atoms with E-state index in [4.69, 9.17) is 11.8 Å². The van der Waals surface area contributed by atoms with Gasteiger partial charge in [0.25, 0.3) is 0 Å². The van der Waals surface area contributed by atoms with Gasteiger partial charge in [0, 0.05) is 51.4 Å². The zero-order chi connectivity index (χ0) is 18.8. The summed E-state index contributed by atoms with van der Waals surface area (Å²) in [4.78, 5) is 0. The van der Waals surface area contributed by atoms with Gasteiger partial charge in [-0.1, -0.05) is 66.7 Å². The van der Waals surface area contributed by atoms with E-state index in [9.17, 15) is 0 Å². The van der Waals surface area contributed by atoms with Crippen molar-refractivity contribution >= 4 is 55.4 Å². The van der Waals surface area contributed by atoms with Crippen molar-refractivity contribution in [2.75, 3.05) is 0 Å². The maximum absolute atomic E-state index is 6.67. The van der Waals surface area contributed by atoms with Crippen LogP contribution in [-0.2, 0) is 7.05 Å². The van der Waals surface area contributed by atoms with E-state index < -0.39 is 0 Å². The quantitative estimate of drug-likeness (QED) is 0.287. The van der Waals surface area contributed by atoms with Crippen LogP contribution in [0.5, 0.6) is 0 Å². The Morgan fingerprint density at radius 1 is 0.571 bits per heavy atom. The maximum Gasteiger partial charge on any atom is 0.0667 e. The third-order valence-corrected chi connectivity index (χ3v) is 6.22. The SMILES string of the molecule is Cn1c2ccccc2c2cccc(-c3cccc4c3c3ccccc3n4Cl)c21. The molecule has 0 aliphatic carbocycles. The van der Waals surface area contributed by atoms with Crippen molar-refractivity contribution in [2.24, 2.45) is 7.05 Å². The molecule has 0 N–H and O–H groups in total. The summed E-state index contributed by atoms with van der Waals surface area (Å²) in [5, 5.41) is 4.95. The number of fused-ring (bicyclic) bond motifs is 6. The Hall–Kier alpha value is -3.23. The van der Waals surface area contributed by atoms with Gasteiger partial charge in [-0.25, -0.2) is 0 Å². The molecular formula is C25H17ClN2. The molecule has 0 radical (unpaired) electrons. The number of rotatable bonds is 1. The van der Waals surface area contributed by atoms with E-state index in [0.717, 1.165) is 11.0 Å². The zero-order valence-electron chi connectivity index (χ0n) is 15.4. The van der Waals surface area contributed by atoms with Crippen LogP contribution in [0.3, 0.4) is 0 Å². The Balaban J connectivity index is 1.83. The molecule has 2 aromatic heterocycles. The molecule has 2 heterocycles. The number of nitrogens with zero attached hydrogens (tertiary/aromatic N) is 2. The van der Waals surface area contributed by atoms with Gasteiger partial charge in [0.05, 0.1) is 16.6 Å². The number of benzene rings is 4. The second kappa shape index (κ2) is 5.63. The molecule has 0 aliphatic rings. The van der Waals surface area contributed by atoms with Gasteiger partial charge in [0.2, 0.25) is 0 Å². The molecule has 0 fully saturated rings. The predicted molar refractivity (Wildman–Crippen MR) is 120 cm³/mol. The predicted octanol–water partition coefficient (Wildman–Crippen LogP) is 7.11. The number of aromatic nitrogens is 2. The number of hydrogen-bond acceptors (Lipinski definition) is 0. The molecule has 2 nitrogen and oxygen atoms in total. The van der Waals surface area contributed by atoms with Crippen molar-refractivity contribution in [3.05, 3.63) is 84.9 Å². The van der Waals surface area contributed by atoms with Crippen molar-refractivity contribution in [1.82, 2.24) is 8.65 Å². The lowest BCUT2D eigenvalue weighted by molar-refractivity contribution is 1.02. The Morgan fingerprint density at radius 2 is 1.18 bits per heavy atom. The average Bonchev–Trinajstić information content (AvgIpc) is 3.21. The molecule has 28 heavy (non-hydrogen) atoms. The average molecular weight is 381 g/mol. The Labute approximate surface area is 167 Å². The fraction of sp³-hybridized carbons (Fsp3) is 0.0400. The third-order valence-electron chi connectivity index (χ3n) is 5.86. The number of halogens is 1. The van der Waals surface area contributed by atoms with E-state index in [1.807, 2.05) is 6.07 Å². The summed E-state index contributed by atoms with van der Waals surface area (Å²) < 4.78 is 4.08. The summed E-state index contributed by atoms with van der Waals surface area (Å²) in [5.41, 5.74) is 7.02. The van der Waals surface area contributed by atoms with E-state index in [-0.39, 0.29) is 0 Å². The zero-order valence-corrected chi connectivity index (χ0v) is 16.1. The topological polar surface area (TPSA) is 9.86 Å². The summed E-state index contributed by atoms with van der Waals surface area (Å²) in [6.45, 7) is 0. The molecular weight excluding hydrogens is 364 g/mol. The summed E-state index contributed by atoms with van der Waals surface area (Å²) in [5.74, 6) is 0. The van der Waals surface area contributed by atoms with Crippen LogP contribution < -0.4 is 0 Å². The lowest BCUT2D eigenvalue weighted by Crippen LogP contribution is -1.90. The van der Waals surface area contributed by atoms with Gasteiger partial charge in [-0.2, -0.15) is 0 Å². The highest BCUT2D eigenvalue weighted by Gasteiger charge is 2.17. The second-order valence-corrected chi connectivity index (χ2v) is 7.61. The van der Waals surface area contributed by atoms with Crippen LogP contribution in [0.2, 0.25) is 0 Å². The van der Waals surface area contributed by atoms with Gasteiger partial charge in [0.1, 0.15) is 0 Å². The van der Waals surface area contributed by atoms with Gasteiger partial charge in [-0.05, 0) is 23.8 Å². The van der Waals surface area contributed by atoms with Gasteiger partial charge < -0.3 is 4.57 Å². The first-order valence-corrected chi connectivity index (χ1v) is 9.74. The van der Waals surface area contributed by atoms with Gasteiger partial charge in [0.15, 0.2) is 0 Å². The van der Waals surface area contributed by atoms with E-state index in [0.29, 0.717) is 0 Å². The Morgan fingerprint density at radius 3 is 2.04 bits per heavy atom. The summed E-state index contributed by atoms with van der Waals surface area (Å²) in [7, 11) is 2.15. The fourth-order valence-electron chi connectivity index (χ4n) is 4.65. The third kappa shape index (κ3) is 1.93. The molecule has 4 aromatic carbocycles. The van der Waals surface area contributed by atoms with Crippen molar-refractivity contribution in [1.29, 1.82) is 0 Å². The van der Waals surface area contributed by atoms with Crippen molar-refractivity contribution in [3.63, 3.8) is 0 Å². The van der Waals surface area contributed by atoms with Gasteiger partial charge in [-0.15, -0.1) is 0 Å². The van der Waals surface area contributed by atoms with Gasteiger partial charge >= 0.3 is 0 Å². The molecule has 0 bridgehead atoms. The van der Waals surface area contributed by atoms with Crippen LogP contribution in [0, 0.1) is 0 Å². The minimum absolute atomic E-state index is 1.04. The second-order valence-electron chi connectivity index (χ2n) is 7.28. The molecule has 0 saturated heterocycles. The van der Waals surface area contributed by atoms with Crippen molar-refractivity contribution in [3.8, 4) is 11.1 Å². The number of aryl methyl sites for hydroxylation is 1. The van der Waals surface area contributed by atoms with Crippen LogP contribution in [0.4, 0.5) is 0 Å². The molecule has 6 rings (SSSR count). The normalized spacial score (nSPS) is 11.9. The van der Waals surface area contributed by atoms with Crippen LogP contribution in [0.25, 0.3) is 54.7 Å². The maximum atomic E-state index is 6.67. The van der Waals surface area contributed by atoms with Crippen molar-refractivity contribution in [2.45, 2.75) is 0 Å². The molecule has 0 aliphatic heterocycles. The first kappa shape index (κ1) is 15.8. The van der Waals surface area contributed by atoms with Crippen molar-refractivity contribution < 1.29 is 0 Å². The first-order valence-electron chi connectivity index (χ1n) is 9.40. The number of hydrogen-bond donors (Lipinski definition) is 0. The molecule has 0 atom stereocenters. The minimum Gasteiger partial charge on any atom is -0.343 e. The summed E-state index contributed by atoms with van der Waals surface area (Å²) >= 11 is 6.67.